The first-order valence-corrected chi connectivity index (χ1v) is 7.54. The highest BCUT2D eigenvalue weighted by Gasteiger charge is 2.28. The van der Waals surface area contributed by atoms with E-state index in [4.69, 9.17) is 0 Å². The highest BCUT2D eigenvalue weighted by atomic mass is 79.9. The molecule has 2 rings (SSSR count). The van der Waals surface area contributed by atoms with Crippen LogP contribution in [0.1, 0.15) is 32.4 Å². The minimum absolute atomic E-state index is 0.388. The molecular formula is C15H23BrN2. The maximum Gasteiger partial charge on any atom is 0.0426 e. The summed E-state index contributed by atoms with van der Waals surface area (Å²) >= 11 is 3.60. The molecule has 0 saturated carbocycles. The van der Waals surface area contributed by atoms with Crippen molar-refractivity contribution in [3.05, 3.63) is 28.2 Å². The van der Waals surface area contributed by atoms with Crippen LogP contribution < -0.4 is 10.2 Å². The van der Waals surface area contributed by atoms with Gasteiger partial charge in [0.2, 0.25) is 0 Å². The highest BCUT2D eigenvalue weighted by Crippen LogP contribution is 2.34. The van der Waals surface area contributed by atoms with Crippen LogP contribution in [0.4, 0.5) is 5.69 Å². The van der Waals surface area contributed by atoms with Crippen LogP contribution in [0.15, 0.2) is 22.7 Å². The van der Waals surface area contributed by atoms with E-state index in [0.29, 0.717) is 6.04 Å². The predicted octanol–water partition coefficient (Wildman–Crippen LogP) is 3.82. The zero-order valence-electron chi connectivity index (χ0n) is 11.7. The summed E-state index contributed by atoms with van der Waals surface area (Å²) in [5.74, 6) is 1.56. The van der Waals surface area contributed by atoms with Crippen LogP contribution in [-0.2, 0) is 0 Å². The molecule has 1 aromatic rings. The van der Waals surface area contributed by atoms with Gasteiger partial charge >= 0.3 is 0 Å². The van der Waals surface area contributed by atoms with E-state index >= 15 is 0 Å². The molecule has 1 N–H and O–H groups in total. The monoisotopic (exact) mass is 310 g/mol. The molecular weight excluding hydrogens is 288 g/mol. The van der Waals surface area contributed by atoms with Gasteiger partial charge in [-0.3, -0.25) is 0 Å². The van der Waals surface area contributed by atoms with Gasteiger partial charge in [0.25, 0.3) is 0 Å². The maximum atomic E-state index is 3.60. The number of hydrogen-bond donors (Lipinski definition) is 1. The van der Waals surface area contributed by atoms with Crippen LogP contribution in [0.2, 0.25) is 0 Å². The van der Waals surface area contributed by atoms with Gasteiger partial charge < -0.3 is 10.2 Å². The summed E-state index contributed by atoms with van der Waals surface area (Å²) in [6.45, 7) is 9.26. The standard InChI is InChI=1S/C15H23BrN2/c1-10-8-18(9-11(10)2)15-7-13(16)5-6-14(15)12(3)17-4/h5-7,10-12,17H,8-9H2,1-4H3. The van der Waals surface area contributed by atoms with E-state index in [1.165, 1.54) is 24.3 Å². The van der Waals surface area contributed by atoms with Crippen molar-refractivity contribution in [1.29, 1.82) is 0 Å². The lowest BCUT2D eigenvalue weighted by molar-refractivity contribution is 0.494. The van der Waals surface area contributed by atoms with Crippen LogP contribution in [0.3, 0.4) is 0 Å². The zero-order valence-corrected chi connectivity index (χ0v) is 13.3. The summed E-state index contributed by atoms with van der Waals surface area (Å²) in [5, 5.41) is 3.34. The molecule has 1 heterocycles. The lowest BCUT2D eigenvalue weighted by Crippen LogP contribution is -2.23. The Morgan fingerprint density at radius 1 is 1.28 bits per heavy atom. The summed E-state index contributed by atoms with van der Waals surface area (Å²) in [6, 6.07) is 7.01. The third-order valence-electron chi connectivity index (χ3n) is 4.22. The molecule has 0 bridgehead atoms. The van der Waals surface area contributed by atoms with Gasteiger partial charge in [-0.25, -0.2) is 0 Å². The van der Waals surface area contributed by atoms with E-state index in [2.05, 4.69) is 65.1 Å². The van der Waals surface area contributed by atoms with Crippen LogP contribution in [0.25, 0.3) is 0 Å². The van der Waals surface area contributed by atoms with Crippen LogP contribution >= 0.6 is 15.9 Å². The fraction of sp³-hybridized carbons (Fsp3) is 0.600. The summed E-state index contributed by atoms with van der Waals surface area (Å²) < 4.78 is 1.16. The van der Waals surface area contributed by atoms with Gasteiger partial charge in [0, 0.05) is 29.3 Å². The number of benzene rings is 1. The summed E-state index contributed by atoms with van der Waals surface area (Å²) in [7, 11) is 2.02. The fourth-order valence-corrected chi connectivity index (χ4v) is 2.99. The number of hydrogen-bond acceptors (Lipinski definition) is 2. The molecule has 0 spiro atoms. The Labute approximate surface area is 119 Å². The van der Waals surface area contributed by atoms with Crippen molar-refractivity contribution >= 4 is 21.6 Å². The average molecular weight is 311 g/mol. The molecule has 0 aromatic heterocycles. The molecule has 2 nitrogen and oxygen atoms in total. The molecule has 0 aliphatic carbocycles. The molecule has 1 aromatic carbocycles. The quantitative estimate of drug-likeness (QED) is 0.913. The highest BCUT2D eigenvalue weighted by molar-refractivity contribution is 9.10. The second kappa shape index (κ2) is 5.62. The van der Waals surface area contributed by atoms with E-state index in [-0.39, 0.29) is 0 Å². The van der Waals surface area contributed by atoms with Crippen LogP contribution in [-0.4, -0.2) is 20.1 Å². The number of rotatable bonds is 3. The summed E-state index contributed by atoms with van der Waals surface area (Å²) in [5.41, 5.74) is 2.77. The lowest BCUT2D eigenvalue weighted by atomic mass is 10.0. The Hall–Kier alpha value is -0.540. The first kappa shape index (κ1) is 13.9. The van der Waals surface area contributed by atoms with Crippen molar-refractivity contribution in [2.45, 2.75) is 26.8 Å². The zero-order chi connectivity index (χ0) is 13.3. The van der Waals surface area contributed by atoms with E-state index < -0.39 is 0 Å². The van der Waals surface area contributed by atoms with E-state index in [0.717, 1.165) is 16.3 Å². The number of nitrogens with zero attached hydrogens (tertiary/aromatic N) is 1. The molecule has 1 aliphatic rings. The molecule has 0 amide bonds. The molecule has 1 fully saturated rings. The van der Waals surface area contributed by atoms with Gasteiger partial charge in [0.05, 0.1) is 0 Å². The second-order valence-electron chi connectivity index (χ2n) is 5.57. The smallest absolute Gasteiger partial charge is 0.0426 e. The third-order valence-corrected chi connectivity index (χ3v) is 4.71. The van der Waals surface area contributed by atoms with E-state index in [1.807, 2.05) is 7.05 Å². The van der Waals surface area contributed by atoms with Gasteiger partial charge in [-0.15, -0.1) is 0 Å². The third kappa shape index (κ3) is 2.72. The first-order chi connectivity index (χ1) is 8.52. The van der Waals surface area contributed by atoms with Crippen molar-refractivity contribution < 1.29 is 0 Å². The number of halogens is 1. The van der Waals surface area contributed by atoms with Crippen molar-refractivity contribution in [3.63, 3.8) is 0 Å². The molecule has 3 unspecified atom stereocenters. The molecule has 0 radical (unpaired) electrons. The minimum atomic E-state index is 0.388. The Morgan fingerprint density at radius 2 is 1.89 bits per heavy atom. The normalized spacial score (nSPS) is 25.5. The molecule has 3 atom stereocenters. The van der Waals surface area contributed by atoms with Gasteiger partial charge in [0.15, 0.2) is 0 Å². The Balaban J connectivity index is 2.33. The summed E-state index contributed by atoms with van der Waals surface area (Å²) in [4.78, 5) is 2.53. The van der Waals surface area contributed by atoms with Crippen molar-refractivity contribution in [1.82, 2.24) is 5.32 Å². The van der Waals surface area contributed by atoms with Crippen molar-refractivity contribution in [3.8, 4) is 0 Å². The predicted molar refractivity (Wildman–Crippen MR) is 82.2 cm³/mol. The fourth-order valence-electron chi connectivity index (χ4n) is 2.64. The van der Waals surface area contributed by atoms with Gasteiger partial charge in [-0.05, 0) is 43.5 Å². The van der Waals surface area contributed by atoms with Crippen molar-refractivity contribution in [2.24, 2.45) is 11.8 Å². The average Bonchev–Trinajstić information content (AvgIpc) is 2.68. The minimum Gasteiger partial charge on any atom is -0.371 e. The molecule has 3 heteroatoms. The van der Waals surface area contributed by atoms with Crippen LogP contribution in [0.5, 0.6) is 0 Å². The van der Waals surface area contributed by atoms with Crippen molar-refractivity contribution in [2.75, 3.05) is 25.0 Å². The Morgan fingerprint density at radius 3 is 2.44 bits per heavy atom. The molecule has 18 heavy (non-hydrogen) atoms. The topological polar surface area (TPSA) is 15.3 Å². The largest absolute Gasteiger partial charge is 0.371 e. The molecule has 1 saturated heterocycles. The number of anilines is 1. The number of nitrogens with one attached hydrogen (secondary N) is 1. The van der Waals surface area contributed by atoms with Gasteiger partial charge in [-0.1, -0.05) is 35.8 Å². The van der Waals surface area contributed by atoms with Gasteiger partial charge in [0.1, 0.15) is 0 Å². The summed E-state index contributed by atoms with van der Waals surface area (Å²) in [6.07, 6.45) is 0. The first-order valence-electron chi connectivity index (χ1n) is 6.74. The second-order valence-corrected chi connectivity index (χ2v) is 6.49. The lowest BCUT2D eigenvalue weighted by Gasteiger charge is -2.25. The maximum absolute atomic E-state index is 3.60. The van der Waals surface area contributed by atoms with Gasteiger partial charge in [-0.2, -0.15) is 0 Å². The Kier molecular flexibility index (Phi) is 4.33. The Bertz CT molecular complexity index is 409. The molecule has 1 aliphatic heterocycles. The SMILES string of the molecule is CNC(C)c1ccc(Br)cc1N1CC(C)C(C)C1. The van der Waals surface area contributed by atoms with E-state index in [9.17, 15) is 0 Å². The van der Waals surface area contributed by atoms with E-state index in [1.54, 1.807) is 0 Å². The van der Waals surface area contributed by atoms with Crippen LogP contribution in [0, 0.1) is 11.8 Å². The molecule has 100 valence electrons.